The van der Waals surface area contributed by atoms with E-state index in [2.05, 4.69) is 47.2 Å². The van der Waals surface area contributed by atoms with Crippen LogP contribution in [0.2, 0.25) is 0 Å². The number of carbonyl (C=O) groups is 1. The lowest BCUT2D eigenvalue weighted by Crippen LogP contribution is -2.49. The van der Waals surface area contributed by atoms with E-state index >= 15 is 0 Å². The Labute approximate surface area is 401 Å². The Hall–Kier alpha value is -6.63. The topological polar surface area (TPSA) is 181 Å². The number of amides is 1. The van der Waals surface area contributed by atoms with Gasteiger partial charge >= 0.3 is 6.09 Å². The molecule has 4 aliphatic heterocycles. The van der Waals surface area contributed by atoms with Gasteiger partial charge in [0, 0.05) is 76.8 Å². The zero-order valence-corrected chi connectivity index (χ0v) is 39.8. The lowest BCUT2D eigenvalue weighted by atomic mass is 10.0. The van der Waals surface area contributed by atoms with Crippen molar-refractivity contribution in [2.75, 3.05) is 65.7 Å². The average molecular weight is 943 g/mol. The molecule has 0 atom stereocenters. The number of nitrogens with one attached hydrogen (secondary N) is 1. The molecule has 0 radical (unpaired) electrons. The van der Waals surface area contributed by atoms with Crippen LogP contribution < -0.4 is 35.4 Å². The molecule has 0 unspecified atom stereocenters. The Bertz CT molecular complexity index is 2830. The molecule has 18 heteroatoms. The Kier molecular flexibility index (Phi) is 15.0. The van der Waals surface area contributed by atoms with E-state index in [-0.39, 0.29) is 23.3 Å². The van der Waals surface area contributed by atoms with Crippen LogP contribution in [-0.4, -0.2) is 133 Å². The first-order valence-corrected chi connectivity index (χ1v) is 24.1. The van der Waals surface area contributed by atoms with Crippen LogP contribution in [0.3, 0.4) is 0 Å². The molecule has 2 aromatic carbocycles. The van der Waals surface area contributed by atoms with Crippen molar-refractivity contribution < 1.29 is 28.5 Å². The normalized spacial score (nSPS) is 16.7. The van der Waals surface area contributed by atoms with Crippen LogP contribution in [0, 0.1) is 0 Å². The number of carbonyl (C=O) groups excluding carboxylic acids is 1. The Morgan fingerprint density at radius 2 is 1.14 bits per heavy atom. The fourth-order valence-corrected chi connectivity index (χ4v) is 9.30. The molecule has 69 heavy (non-hydrogen) atoms. The van der Waals surface area contributed by atoms with E-state index in [1.165, 1.54) is 18.0 Å². The maximum absolute atomic E-state index is 13.3. The summed E-state index contributed by atoms with van der Waals surface area (Å²) in [4.78, 5) is 61.3. The number of ether oxygens (including phenoxy) is 5. The van der Waals surface area contributed by atoms with Gasteiger partial charge in [-0.15, -0.1) is 0 Å². The lowest BCUT2D eigenvalue weighted by Gasteiger charge is -2.39. The van der Waals surface area contributed by atoms with Gasteiger partial charge in [0.25, 0.3) is 11.1 Å². The Morgan fingerprint density at radius 1 is 0.652 bits per heavy atom. The highest BCUT2D eigenvalue weighted by atomic mass is 16.6. The van der Waals surface area contributed by atoms with Gasteiger partial charge in [-0.05, 0) is 107 Å². The average Bonchev–Trinajstić information content (AvgIpc) is 3.37. The molecule has 0 bridgehead atoms. The molecule has 0 saturated carbocycles. The minimum absolute atomic E-state index is 0.0462. The van der Waals surface area contributed by atoms with Gasteiger partial charge in [-0.2, -0.15) is 0 Å². The van der Waals surface area contributed by atoms with Crippen molar-refractivity contribution in [3.05, 3.63) is 118 Å². The van der Waals surface area contributed by atoms with Gasteiger partial charge in [-0.3, -0.25) is 19.6 Å². The summed E-state index contributed by atoms with van der Waals surface area (Å²) >= 11 is 0. The van der Waals surface area contributed by atoms with Crippen molar-refractivity contribution in [2.45, 2.75) is 90.3 Å². The van der Waals surface area contributed by atoms with Crippen molar-refractivity contribution >= 4 is 28.2 Å². The Balaban J connectivity index is 0.000000175. The first-order chi connectivity index (χ1) is 33.5. The number of hydrogen-bond acceptors (Lipinski definition) is 15. The molecule has 6 aromatic rings. The number of benzene rings is 2. The third kappa shape index (κ3) is 12.2. The summed E-state index contributed by atoms with van der Waals surface area (Å²) < 4.78 is 32.0. The van der Waals surface area contributed by atoms with Crippen molar-refractivity contribution in [2.24, 2.45) is 0 Å². The molecule has 0 aliphatic carbocycles. The lowest BCUT2D eigenvalue weighted by molar-refractivity contribution is 0.00562. The highest BCUT2D eigenvalue weighted by molar-refractivity contribution is 5.73. The van der Waals surface area contributed by atoms with E-state index in [0.29, 0.717) is 63.4 Å². The van der Waals surface area contributed by atoms with Crippen LogP contribution >= 0.6 is 0 Å². The molecule has 1 N–H and O–H groups in total. The molecule has 2 saturated heterocycles. The molecule has 10 rings (SSSR count). The predicted octanol–water partition coefficient (Wildman–Crippen LogP) is 5.28. The van der Waals surface area contributed by atoms with Gasteiger partial charge in [0.15, 0.2) is 23.0 Å². The molecule has 1 amide bonds. The van der Waals surface area contributed by atoms with Crippen molar-refractivity contribution in [3.63, 3.8) is 0 Å². The SMILES string of the molecule is CC(C)(C)OC(=O)N(Cc1ccc2c(c1)OCCO2)C1CCN(CCn2c(=O)cnc3cnccc32)CC1.O=c1cnc2cnccc2n1CCN1CCC(NCc2ccc3c(c2)OCCO3)CC1. The van der Waals surface area contributed by atoms with E-state index in [1.54, 1.807) is 33.9 Å². The molecule has 0 spiro atoms. The number of likely N-dealkylation sites (tertiary alicyclic amines) is 2. The molecule has 8 heterocycles. The number of nitrogens with zero attached hydrogens (tertiary/aromatic N) is 9. The fourth-order valence-electron chi connectivity index (χ4n) is 9.30. The smallest absolute Gasteiger partial charge is 0.410 e. The zero-order valence-electron chi connectivity index (χ0n) is 39.8. The monoisotopic (exact) mass is 942 g/mol. The summed E-state index contributed by atoms with van der Waals surface area (Å²) in [6.45, 7) is 15.7. The van der Waals surface area contributed by atoms with E-state index in [0.717, 1.165) is 111 Å². The molecule has 364 valence electrons. The third-order valence-electron chi connectivity index (χ3n) is 13.0. The van der Waals surface area contributed by atoms with E-state index in [1.807, 2.05) is 62.1 Å². The van der Waals surface area contributed by atoms with Crippen molar-refractivity contribution in [1.82, 2.24) is 49.1 Å². The van der Waals surface area contributed by atoms with Crippen LogP contribution in [0.15, 0.2) is 95.3 Å². The van der Waals surface area contributed by atoms with Crippen LogP contribution in [0.25, 0.3) is 22.1 Å². The number of pyridine rings is 2. The molecule has 18 nitrogen and oxygen atoms in total. The van der Waals surface area contributed by atoms with Crippen molar-refractivity contribution in [1.29, 1.82) is 0 Å². The Morgan fingerprint density at radius 3 is 1.68 bits per heavy atom. The first-order valence-electron chi connectivity index (χ1n) is 24.1. The van der Waals surface area contributed by atoms with Gasteiger partial charge in [0.05, 0.1) is 35.8 Å². The largest absolute Gasteiger partial charge is 0.486 e. The molecular formula is C51H62N10O8. The van der Waals surface area contributed by atoms with Gasteiger partial charge < -0.3 is 52.8 Å². The molecule has 4 aromatic heterocycles. The summed E-state index contributed by atoms with van der Waals surface area (Å²) in [5.41, 5.74) is 4.52. The van der Waals surface area contributed by atoms with Gasteiger partial charge in [-0.1, -0.05) is 12.1 Å². The summed E-state index contributed by atoms with van der Waals surface area (Å²) in [6, 6.07) is 16.2. The summed E-state index contributed by atoms with van der Waals surface area (Å²) in [7, 11) is 0. The third-order valence-corrected chi connectivity index (χ3v) is 13.0. The van der Waals surface area contributed by atoms with Crippen LogP contribution in [0.1, 0.15) is 57.6 Å². The van der Waals surface area contributed by atoms with Crippen LogP contribution in [0.5, 0.6) is 23.0 Å². The maximum Gasteiger partial charge on any atom is 0.410 e. The summed E-state index contributed by atoms with van der Waals surface area (Å²) in [5.74, 6) is 3.12. The second-order valence-electron chi connectivity index (χ2n) is 18.9. The second kappa shape index (κ2) is 21.8. The standard InChI is InChI=1S/C28H35N5O5.C23H27N5O3/c1-28(2,3)38-27(35)33(19-20-4-5-24-25(16-20)37-15-14-36-24)21-7-10-31(11-8-21)12-13-32-23-6-9-29-17-22(23)30-18-26(32)34;29-23-16-26-19-15-24-6-3-20(19)28(23)10-9-27-7-4-18(5-8-27)25-14-17-1-2-21-22(13-17)31-12-11-30-21/h4-6,9,16-18,21H,7-8,10-15,19H2,1-3H3;1-3,6,13,15-16,18,25H,4-5,7-12,14H2. The molecular weight excluding hydrogens is 881 g/mol. The minimum Gasteiger partial charge on any atom is -0.486 e. The second-order valence-corrected chi connectivity index (χ2v) is 18.9. The number of fused-ring (bicyclic) bond motifs is 4. The van der Waals surface area contributed by atoms with Gasteiger partial charge in [-0.25, -0.2) is 14.8 Å². The van der Waals surface area contributed by atoms with Crippen LogP contribution in [-0.2, 0) is 30.9 Å². The summed E-state index contributed by atoms with van der Waals surface area (Å²) in [6.07, 6.45) is 13.0. The van der Waals surface area contributed by atoms with E-state index in [4.69, 9.17) is 23.7 Å². The van der Waals surface area contributed by atoms with Gasteiger partial charge in [0.2, 0.25) is 0 Å². The number of rotatable bonds is 12. The van der Waals surface area contributed by atoms with Crippen molar-refractivity contribution in [3.8, 4) is 23.0 Å². The predicted molar refractivity (Wildman–Crippen MR) is 260 cm³/mol. The quantitative estimate of drug-likeness (QED) is 0.167. The first kappa shape index (κ1) is 47.4. The summed E-state index contributed by atoms with van der Waals surface area (Å²) in [5, 5.41) is 3.68. The van der Waals surface area contributed by atoms with E-state index < -0.39 is 5.60 Å². The number of aromatic nitrogens is 6. The van der Waals surface area contributed by atoms with E-state index in [9.17, 15) is 14.4 Å². The molecule has 4 aliphatic rings. The number of piperidine rings is 2. The minimum atomic E-state index is -0.584. The fraction of sp³-hybridized carbons (Fsp3) is 0.471. The molecule has 2 fully saturated rings. The highest BCUT2D eigenvalue weighted by Crippen LogP contribution is 2.33. The number of hydrogen-bond donors (Lipinski definition) is 1. The van der Waals surface area contributed by atoms with Gasteiger partial charge in [0.1, 0.15) is 43.1 Å². The zero-order chi connectivity index (χ0) is 47.7. The highest BCUT2D eigenvalue weighted by Gasteiger charge is 2.32. The van der Waals surface area contributed by atoms with Crippen LogP contribution in [0.4, 0.5) is 4.79 Å². The maximum atomic E-state index is 13.3.